The lowest BCUT2D eigenvalue weighted by Crippen LogP contribution is -1.95. The summed E-state index contributed by atoms with van der Waals surface area (Å²) in [5, 5.41) is 0. The molecule has 0 unspecified atom stereocenters. The standard InChI is InChI=1S/C31H39N3O/c1-2-3-4-5-6-7-8-9-13-17-26-19-20-27(33-26)22-30-31(35-24-25-15-11-10-12-16-25)23-29(34-30)28-18-14-21-32-28/h10-12,14-16,18-23,32,34H,2-9,13,17,24H2,1H3/b27-22+. The van der Waals surface area contributed by atoms with Crippen LogP contribution in [0.2, 0.25) is 0 Å². The maximum Gasteiger partial charge on any atom is 0.145 e. The number of aromatic nitrogens is 2. The Morgan fingerprint density at radius 3 is 2.34 bits per heavy atom. The number of ether oxygens (including phenoxy) is 1. The van der Waals surface area contributed by atoms with Crippen LogP contribution in [0.5, 0.6) is 5.75 Å². The van der Waals surface area contributed by atoms with Crippen molar-refractivity contribution in [3.8, 4) is 17.1 Å². The molecule has 0 atom stereocenters. The van der Waals surface area contributed by atoms with Gasteiger partial charge in [-0.15, -0.1) is 0 Å². The molecule has 3 heterocycles. The number of nitrogens with zero attached hydrogens (tertiary/aromatic N) is 1. The average molecular weight is 470 g/mol. The number of nitrogens with one attached hydrogen (secondary N) is 2. The van der Waals surface area contributed by atoms with E-state index in [9.17, 15) is 0 Å². The predicted octanol–water partition coefficient (Wildman–Crippen LogP) is 8.86. The Morgan fingerprint density at radius 1 is 0.829 bits per heavy atom. The van der Waals surface area contributed by atoms with Gasteiger partial charge in [-0.2, -0.15) is 0 Å². The number of allylic oxidation sites excluding steroid dienone is 2. The average Bonchev–Trinajstić information content (AvgIpc) is 3.64. The zero-order valence-corrected chi connectivity index (χ0v) is 21.1. The van der Waals surface area contributed by atoms with Crippen molar-refractivity contribution < 1.29 is 4.74 Å². The van der Waals surface area contributed by atoms with Crippen molar-refractivity contribution in [3.05, 3.63) is 83.8 Å². The summed E-state index contributed by atoms with van der Waals surface area (Å²) in [7, 11) is 0. The van der Waals surface area contributed by atoms with Gasteiger partial charge in [0.25, 0.3) is 0 Å². The van der Waals surface area contributed by atoms with Crippen molar-refractivity contribution in [3.63, 3.8) is 0 Å². The van der Waals surface area contributed by atoms with Gasteiger partial charge in [-0.1, -0.05) is 88.6 Å². The molecule has 1 aliphatic rings. The van der Waals surface area contributed by atoms with Gasteiger partial charge in [0.1, 0.15) is 12.4 Å². The molecule has 35 heavy (non-hydrogen) atoms. The maximum atomic E-state index is 6.21. The molecule has 2 aromatic heterocycles. The molecule has 2 N–H and O–H groups in total. The first-order valence-electron chi connectivity index (χ1n) is 13.3. The molecular formula is C31H39N3O. The van der Waals surface area contributed by atoms with Crippen LogP contribution in [0.4, 0.5) is 0 Å². The first kappa shape index (κ1) is 24.8. The molecule has 184 valence electrons. The van der Waals surface area contributed by atoms with Crippen LogP contribution in [-0.2, 0) is 6.61 Å². The Labute approximate surface area is 210 Å². The Hall–Kier alpha value is -3.27. The molecule has 1 aromatic carbocycles. The summed E-state index contributed by atoms with van der Waals surface area (Å²) in [5.74, 6) is 0.835. The zero-order valence-electron chi connectivity index (χ0n) is 21.1. The maximum absolute atomic E-state index is 6.21. The molecule has 0 saturated carbocycles. The van der Waals surface area contributed by atoms with E-state index in [1.165, 1.54) is 63.5 Å². The van der Waals surface area contributed by atoms with E-state index in [0.717, 1.165) is 40.5 Å². The highest BCUT2D eigenvalue weighted by Gasteiger charge is 2.12. The van der Waals surface area contributed by atoms with Crippen LogP contribution in [0.25, 0.3) is 17.5 Å². The number of H-pyrrole nitrogens is 2. The van der Waals surface area contributed by atoms with Gasteiger partial charge in [0.05, 0.1) is 22.8 Å². The van der Waals surface area contributed by atoms with Gasteiger partial charge >= 0.3 is 0 Å². The SMILES string of the molecule is CCCCCCCCCCCC1=N/C(=C/c2[nH]c(-c3ccc[nH]3)cc2OCc2ccccc2)C=C1. The zero-order chi connectivity index (χ0) is 24.1. The summed E-state index contributed by atoms with van der Waals surface area (Å²) in [6, 6.07) is 16.4. The smallest absolute Gasteiger partial charge is 0.145 e. The minimum absolute atomic E-state index is 0.530. The molecule has 3 aromatic rings. The summed E-state index contributed by atoms with van der Waals surface area (Å²) in [5.41, 5.74) is 6.29. The van der Waals surface area contributed by atoms with Gasteiger partial charge in [-0.05, 0) is 48.8 Å². The number of unbranched alkanes of at least 4 members (excludes halogenated alkanes) is 8. The molecule has 0 fully saturated rings. The van der Waals surface area contributed by atoms with Crippen molar-refractivity contribution in [1.82, 2.24) is 9.97 Å². The fraction of sp³-hybridized carbons (Fsp3) is 0.387. The number of hydrogen-bond donors (Lipinski definition) is 2. The lowest BCUT2D eigenvalue weighted by molar-refractivity contribution is 0.306. The largest absolute Gasteiger partial charge is 0.487 e. The first-order chi connectivity index (χ1) is 17.3. The first-order valence-corrected chi connectivity index (χ1v) is 13.3. The molecule has 4 heteroatoms. The normalized spacial score (nSPS) is 14.1. The summed E-state index contributed by atoms with van der Waals surface area (Å²) in [6.07, 6.45) is 21.5. The quantitative estimate of drug-likeness (QED) is 0.215. The minimum atomic E-state index is 0.530. The van der Waals surface area contributed by atoms with E-state index in [2.05, 4.69) is 59.4 Å². The van der Waals surface area contributed by atoms with Crippen molar-refractivity contribution in [2.75, 3.05) is 0 Å². The second-order valence-corrected chi connectivity index (χ2v) is 9.40. The Kier molecular flexibility index (Phi) is 9.64. The summed E-state index contributed by atoms with van der Waals surface area (Å²) >= 11 is 0. The number of rotatable bonds is 15. The van der Waals surface area contributed by atoms with Crippen molar-refractivity contribution in [1.29, 1.82) is 0 Å². The van der Waals surface area contributed by atoms with Crippen molar-refractivity contribution in [2.24, 2.45) is 4.99 Å². The van der Waals surface area contributed by atoms with E-state index >= 15 is 0 Å². The molecule has 0 amide bonds. The Morgan fingerprint density at radius 2 is 1.60 bits per heavy atom. The van der Waals surface area contributed by atoms with Crippen molar-refractivity contribution >= 4 is 11.8 Å². The lowest BCUT2D eigenvalue weighted by Gasteiger charge is -2.05. The van der Waals surface area contributed by atoms with Crippen LogP contribution in [0.3, 0.4) is 0 Å². The van der Waals surface area contributed by atoms with Crippen LogP contribution >= 0.6 is 0 Å². The second kappa shape index (κ2) is 13.6. The molecule has 0 spiro atoms. The van der Waals surface area contributed by atoms with Gasteiger partial charge in [0, 0.05) is 18.0 Å². The molecule has 4 nitrogen and oxygen atoms in total. The van der Waals surface area contributed by atoms with Gasteiger partial charge in [0.2, 0.25) is 0 Å². The fourth-order valence-electron chi connectivity index (χ4n) is 4.46. The van der Waals surface area contributed by atoms with Crippen LogP contribution < -0.4 is 4.74 Å². The third-order valence-corrected chi connectivity index (χ3v) is 6.48. The molecule has 0 aliphatic carbocycles. The van der Waals surface area contributed by atoms with Crippen LogP contribution in [0.15, 0.2) is 77.6 Å². The molecule has 0 saturated heterocycles. The summed E-state index contributed by atoms with van der Waals surface area (Å²) in [4.78, 5) is 11.6. The molecule has 4 rings (SSSR count). The van der Waals surface area contributed by atoms with E-state index in [4.69, 9.17) is 9.73 Å². The van der Waals surface area contributed by atoms with Crippen LogP contribution in [0, 0.1) is 0 Å². The second-order valence-electron chi connectivity index (χ2n) is 9.40. The van der Waals surface area contributed by atoms with E-state index < -0.39 is 0 Å². The topological polar surface area (TPSA) is 53.2 Å². The molecular weight excluding hydrogens is 430 g/mol. The molecule has 1 aliphatic heterocycles. The number of hydrogen-bond acceptors (Lipinski definition) is 2. The number of aliphatic imine (C=N–C) groups is 1. The highest BCUT2D eigenvalue weighted by molar-refractivity contribution is 5.99. The third-order valence-electron chi connectivity index (χ3n) is 6.48. The lowest BCUT2D eigenvalue weighted by atomic mass is 10.1. The third kappa shape index (κ3) is 7.88. The van der Waals surface area contributed by atoms with Gasteiger partial charge in [0.15, 0.2) is 0 Å². The minimum Gasteiger partial charge on any atom is -0.487 e. The molecule has 0 radical (unpaired) electrons. The predicted molar refractivity (Wildman–Crippen MR) is 148 cm³/mol. The van der Waals surface area contributed by atoms with Crippen LogP contribution in [-0.4, -0.2) is 15.7 Å². The van der Waals surface area contributed by atoms with Gasteiger partial charge < -0.3 is 14.7 Å². The van der Waals surface area contributed by atoms with E-state index in [1.54, 1.807) is 0 Å². The number of benzene rings is 1. The fourth-order valence-corrected chi connectivity index (χ4v) is 4.46. The highest BCUT2D eigenvalue weighted by atomic mass is 16.5. The highest BCUT2D eigenvalue weighted by Crippen LogP contribution is 2.30. The van der Waals surface area contributed by atoms with Crippen molar-refractivity contribution in [2.45, 2.75) is 77.7 Å². The van der Waals surface area contributed by atoms with Gasteiger partial charge in [-0.3, -0.25) is 4.99 Å². The van der Waals surface area contributed by atoms with E-state index in [0.29, 0.717) is 6.61 Å². The number of aromatic amines is 2. The monoisotopic (exact) mass is 469 g/mol. The molecule has 0 bridgehead atoms. The van der Waals surface area contributed by atoms with E-state index in [-0.39, 0.29) is 0 Å². The van der Waals surface area contributed by atoms with Gasteiger partial charge in [-0.25, -0.2) is 0 Å². The van der Waals surface area contributed by atoms with Crippen LogP contribution in [0.1, 0.15) is 82.4 Å². The Bertz CT molecular complexity index is 1100. The summed E-state index contributed by atoms with van der Waals surface area (Å²) < 4.78 is 6.21. The Balaban J connectivity index is 1.32. The van der Waals surface area contributed by atoms with E-state index in [1.807, 2.05) is 30.5 Å². The summed E-state index contributed by atoms with van der Waals surface area (Å²) in [6.45, 7) is 2.81.